The molecule has 0 saturated carbocycles. The Morgan fingerprint density at radius 3 is 1.00 bits per heavy atom. The third-order valence-corrected chi connectivity index (χ3v) is 9.87. The molecule has 0 spiro atoms. The maximum Gasteiger partial charge on any atom is 0.330 e. The Balaban J connectivity index is 1.18. The second kappa shape index (κ2) is 20.5. The van der Waals surface area contributed by atoms with Gasteiger partial charge in [0, 0.05) is 46.3 Å². The maximum atomic E-state index is 11.6. The number of ether oxygens (including phenoxy) is 2. The van der Waals surface area contributed by atoms with Gasteiger partial charge in [0.15, 0.2) is 0 Å². The average Bonchev–Trinajstić information content (AvgIpc) is 3.24. The molecule has 0 saturated heterocycles. The molecule has 0 aromatic heterocycles. The van der Waals surface area contributed by atoms with E-state index in [-0.39, 0.29) is 11.9 Å². The van der Waals surface area contributed by atoms with Gasteiger partial charge in [0.05, 0.1) is 13.2 Å². The van der Waals surface area contributed by atoms with Gasteiger partial charge in [-0.2, -0.15) is 0 Å². The van der Waals surface area contributed by atoms with E-state index >= 15 is 0 Å². The first-order valence-corrected chi connectivity index (χ1v) is 20.0. The summed E-state index contributed by atoms with van der Waals surface area (Å²) in [5.74, 6) is -0.596. The van der Waals surface area contributed by atoms with E-state index in [0.717, 1.165) is 70.9 Å². The van der Waals surface area contributed by atoms with Crippen molar-refractivity contribution >= 4 is 46.1 Å². The first-order chi connectivity index (χ1) is 28.3. The zero-order valence-corrected chi connectivity index (χ0v) is 33.9. The van der Waals surface area contributed by atoms with Gasteiger partial charge in [-0.05, 0) is 148 Å². The SMILES string of the molecule is CC=CC(=O)OCCCc1ccc(N(c2ccc(C)cc2)c2ccc(-c3ccc(N(c4ccc(C)cc4)c4ccc(CCCOC(=O)C=CC)cc4)cc3)cc2)cc1. The molecule has 0 aliphatic carbocycles. The van der Waals surface area contributed by atoms with E-state index in [9.17, 15) is 9.59 Å². The Morgan fingerprint density at radius 1 is 0.431 bits per heavy atom. The average molecular weight is 769 g/mol. The summed E-state index contributed by atoms with van der Waals surface area (Å²) >= 11 is 0. The maximum absolute atomic E-state index is 11.6. The molecule has 58 heavy (non-hydrogen) atoms. The Kier molecular flexibility index (Phi) is 14.5. The van der Waals surface area contributed by atoms with Gasteiger partial charge < -0.3 is 19.3 Å². The van der Waals surface area contributed by atoms with Crippen molar-refractivity contribution in [3.05, 3.63) is 192 Å². The van der Waals surface area contributed by atoms with E-state index < -0.39 is 0 Å². The molecule has 0 bridgehead atoms. The van der Waals surface area contributed by atoms with Gasteiger partial charge in [-0.3, -0.25) is 0 Å². The molecule has 0 radical (unpaired) electrons. The summed E-state index contributed by atoms with van der Waals surface area (Å²) in [5, 5.41) is 0. The lowest BCUT2D eigenvalue weighted by atomic mass is 10.0. The molecule has 6 heteroatoms. The lowest BCUT2D eigenvalue weighted by Crippen LogP contribution is -2.10. The van der Waals surface area contributed by atoms with Crippen LogP contribution >= 0.6 is 0 Å². The Labute approximate surface area is 343 Å². The summed E-state index contributed by atoms with van der Waals surface area (Å²) in [7, 11) is 0. The van der Waals surface area contributed by atoms with Crippen molar-refractivity contribution in [2.24, 2.45) is 0 Å². The fourth-order valence-corrected chi connectivity index (χ4v) is 6.78. The van der Waals surface area contributed by atoms with Crippen molar-refractivity contribution in [3.8, 4) is 11.1 Å². The van der Waals surface area contributed by atoms with Crippen LogP contribution in [0.15, 0.2) is 170 Å². The van der Waals surface area contributed by atoms with Crippen LogP contribution in [-0.4, -0.2) is 25.2 Å². The van der Waals surface area contributed by atoms with Crippen molar-refractivity contribution < 1.29 is 19.1 Å². The molecular formula is C52H52N2O4. The highest BCUT2D eigenvalue weighted by Gasteiger charge is 2.15. The lowest BCUT2D eigenvalue weighted by Gasteiger charge is -2.26. The number of benzene rings is 6. The van der Waals surface area contributed by atoms with Gasteiger partial charge in [-0.25, -0.2) is 9.59 Å². The van der Waals surface area contributed by atoms with E-state index in [1.54, 1.807) is 26.0 Å². The summed E-state index contributed by atoms with van der Waals surface area (Å²) in [6.45, 7) is 8.61. The number of aryl methyl sites for hydroxylation is 4. The topological polar surface area (TPSA) is 59.1 Å². The number of hydrogen-bond donors (Lipinski definition) is 0. The van der Waals surface area contributed by atoms with E-state index in [4.69, 9.17) is 9.47 Å². The minimum Gasteiger partial charge on any atom is -0.463 e. The zero-order valence-electron chi connectivity index (χ0n) is 33.9. The summed E-state index contributed by atoms with van der Waals surface area (Å²) in [4.78, 5) is 27.8. The molecule has 294 valence electrons. The molecular weight excluding hydrogens is 717 g/mol. The van der Waals surface area contributed by atoms with Gasteiger partial charge in [0.2, 0.25) is 0 Å². The Bertz CT molecular complexity index is 2110. The predicted molar refractivity (Wildman–Crippen MR) is 239 cm³/mol. The quantitative estimate of drug-likeness (QED) is 0.0523. The molecule has 6 aromatic carbocycles. The molecule has 0 fully saturated rings. The van der Waals surface area contributed by atoms with Crippen LogP contribution in [0.1, 0.15) is 48.9 Å². The molecule has 6 rings (SSSR count). The fraction of sp³-hybridized carbons (Fsp3) is 0.192. The Hall–Kier alpha value is -6.66. The number of allylic oxidation sites excluding steroid dienone is 2. The second-order valence-electron chi connectivity index (χ2n) is 14.3. The number of carbonyl (C=O) groups excluding carboxylic acids is 2. The second-order valence-corrected chi connectivity index (χ2v) is 14.3. The number of anilines is 6. The number of carbonyl (C=O) groups is 2. The van der Waals surface area contributed by atoms with Crippen molar-refractivity contribution in [3.63, 3.8) is 0 Å². The highest BCUT2D eigenvalue weighted by atomic mass is 16.5. The third-order valence-electron chi connectivity index (χ3n) is 9.87. The zero-order chi connectivity index (χ0) is 40.7. The lowest BCUT2D eigenvalue weighted by molar-refractivity contribution is -0.138. The summed E-state index contributed by atoms with van der Waals surface area (Å²) in [6.07, 6.45) is 9.46. The highest BCUT2D eigenvalue weighted by molar-refractivity contribution is 5.83. The van der Waals surface area contributed by atoms with Crippen LogP contribution in [0.25, 0.3) is 11.1 Å². The predicted octanol–water partition coefficient (Wildman–Crippen LogP) is 13.0. The highest BCUT2D eigenvalue weighted by Crippen LogP contribution is 2.38. The van der Waals surface area contributed by atoms with Crippen molar-refractivity contribution in [2.75, 3.05) is 23.0 Å². The summed E-state index contributed by atoms with van der Waals surface area (Å²) in [5.41, 5.74) is 13.5. The molecule has 0 N–H and O–H groups in total. The summed E-state index contributed by atoms with van der Waals surface area (Å²) < 4.78 is 10.5. The first-order valence-electron chi connectivity index (χ1n) is 20.0. The Morgan fingerprint density at radius 2 is 0.707 bits per heavy atom. The standard InChI is InChI=1S/C52H52N2O4/c1-5-9-51(55)57-37-7-11-41-17-29-47(30-18-41)53(45-25-13-39(3)14-26-45)49-33-21-43(22-34-49)44-23-35-50(36-24-44)54(46-27-15-40(4)16-28-46)48-31-19-42(20-32-48)12-8-38-58-52(56)10-6-2/h5-6,9-10,13-36H,7-8,11-12,37-38H2,1-4H3. The number of esters is 2. The van der Waals surface area contributed by atoms with E-state index in [2.05, 4.69) is 169 Å². The van der Waals surface area contributed by atoms with Crippen LogP contribution in [0, 0.1) is 13.8 Å². The van der Waals surface area contributed by atoms with Gasteiger partial charge in [-0.15, -0.1) is 0 Å². The van der Waals surface area contributed by atoms with Gasteiger partial charge >= 0.3 is 11.9 Å². The van der Waals surface area contributed by atoms with Crippen molar-refractivity contribution in [1.29, 1.82) is 0 Å². The van der Waals surface area contributed by atoms with Crippen LogP contribution in [0.2, 0.25) is 0 Å². The normalized spacial score (nSPS) is 11.2. The fourth-order valence-electron chi connectivity index (χ4n) is 6.78. The molecule has 0 aliphatic rings. The van der Waals surface area contributed by atoms with Gasteiger partial charge in [-0.1, -0.05) is 96.1 Å². The van der Waals surface area contributed by atoms with E-state index in [1.165, 1.54) is 34.4 Å². The minimum atomic E-state index is -0.298. The smallest absolute Gasteiger partial charge is 0.330 e. The largest absolute Gasteiger partial charge is 0.463 e. The van der Waals surface area contributed by atoms with Crippen LogP contribution < -0.4 is 9.80 Å². The van der Waals surface area contributed by atoms with Gasteiger partial charge in [0.25, 0.3) is 0 Å². The molecule has 0 amide bonds. The minimum absolute atomic E-state index is 0.298. The number of rotatable bonds is 17. The molecule has 0 aliphatic heterocycles. The van der Waals surface area contributed by atoms with Crippen LogP contribution in [0.4, 0.5) is 34.1 Å². The first kappa shape index (κ1) is 41.0. The molecule has 0 heterocycles. The van der Waals surface area contributed by atoms with Crippen LogP contribution in [-0.2, 0) is 31.9 Å². The van der Waals surface area contributed by atoms with E-state index in [1.807, 2.05) is 0 Å². The monoisotopic (exact) mass is 768 g/mol. The van der Waals surface area contributed by atoms with Crippen molar-refractivity contribution in [2.45, 2.75) is 53.4 Å². The van der Waals surface area contributed by atoms with E-state index in [0.29, 0.717) is 13.2 Å². The molecule has 6 aromatic rings. The van der Waals surface area contributed by atoms with Crippen LogP contribution in [0.3, 0.4) is 0 Å². The molecule has 0 atom stereocenters. The van der Waals surface area contributed by atoms with Crippen molar-refractivity contribution in [1.82, 2.24) is 0 Å². The molecule has 6 nitrogen and oxygen atoms in total. The van der Waals surface area contributed by atoms with Gasteiger partial charge in [0.1, 0.15) is 0 Å². The van der Waals surface area contributed by atoms with Crippen LogP contribution in [0.5, 0.6) is 0 Å². The third kappa shape index (κ3) is 11.2. The number of hydrogen-bond acceptors (Lipinski definition) is 6. The number of nitrogens with zero attached hydrogens (tertiary/aromatic N) is 2. The summed E-state index contributed by atoms with van der Waals surface area (Å²) in [6, 6.07) is 52.0. The molecule has 0 unspecified atom stereocenters.